The van der Waals surface area contributed by atoms with Gasteiger partial charge in [0.2, 0.25) is 0 Å². The fourth-order valence-electron chi connectivity index (χ4n) is 0.0385. The summed E-state index contributed by atoms with van der Waals surface area (Å²) in [7, 11) is -4.65. The Morgan fingerprint density at radius 3 is 1.89 bits per heavy atom. The molecule has 1 N–H and O–H groups in total. The second-order valence-corrected chi connectivity index (χ2v) is 1.58. The summed E-state index contributed by atoms with van der Waals surface area (Å²) in [6.07, 6.45) is 0. The molecule has 0 heterocycles. The molecule has 0 aromatic rings. The molecular formula is H3KNNaO5S. The van der Waals surface area contributed by atoms with Crippen LogP contribution in [0.3, 0.4) is 0 Å². The van der Waals surface area contributed by atoms with Crippen LogP contribution < -0.4 is 80.9 Å². The zero-order valence-corrected chi connectivity index (χ0v) is 10.9. The Morgan fingerprint density at radius 2 is 1.89 bits per heavy atom. The summed E-state index contributed by atoms with van der Waals surface area (Å²) in [5, 5.41) is 1.42. The molecule has 0 aliphatic carbocycles. The molecule has 46 valence electrons. The zero-order valence-electron chi connectivity index (χ0n) is 6.94. The van der Waals surface area contributed by atoms with E-state index >= 15 is 0 Å². The Kier molecular flexibility index (Phi) is 15.3. The van der Waals surface area contributed by atoms with Crippen molar-refractivity contribution in [3.63, 3.8) is 0 Å². The van der Waals surface area contributed by atoms with Crippen LogP contribution in [0.2, 0.25) is 0 Å². The molecule has 6 nitrogen and oxygen atoms in total. The van der Waals surface area contributed by atoms with Crippen molar-refractivity contribution in [3.05, 3.63) is 4.91 Å². The van der Waals surface area contributed by atoms with E-state index in [9.17, 15) is 8.42 Å². The molecule has 0 saturated heterocycles. The first-order valence-electron chi connectivity index (χ1n) is 1.05. The number of hydrogen-bond acceptors (Lipinski definition) is 5. The van der Waals surface area contributed by atoms with Gasteiger partial charge in [-0.1, -0.05) is 0 Å². The van der Waals surface area contributed by atoms with Crippen molar-refractivity contribution in [2.75, 3.05) is 0 Å². The van der Waals surface area contributed by atoms with Crippen LogP contribution in [0, 0.1) is 4.91 Å². The Hall–Kier alpha value is 1.95. The molecule has 9 heteroatoms. The largest absolute Gasteiger partial charge is 1.00 e. The van der Waals surface area contributed by atoms with Gasteiger partial charge >= 0.3 is 91.3 Å². The predicted octanol–water partition coefficient (Wildman–Crippen LogP) is -6.28. The zero-order chi connectivity index (χ0) is 5.91. The molecule has 9 heavy (non-hydrogen) atoms. The second kappa shape index (κ2) is 8.05. The Morgan fingerprint density at radius 1 is 1.56 bits per heavy atom. The van der Waals surface area contributed by atoms with Gasteiger partial charge in [0.25, 0.3) is 0 Å². The van der Waals surface area contributed by atoms with Crippen LogP contribution >= 0.6 is 0 Å². The summed E-state index contributed by atoms with van der Waals surface area (Å²) in [6, 6.07) is 0. The SMILES string of the molecule is O=NOS(=O)(=O)O.[H-].[H-].[K+].[Na+]. The standard InChI is InChI=1S/K.HNO5S.Na.2H/c;2-1-6-7(3,4)5;;;/h;(H,3,4,5);;;/q+1;;+1;2*-1. The van der Waals surface area contributed by atoms with Gasteiger partial charge in [-0.05, 0) is 0 Å². The molecule has 0 aliphatic heterocycles. The van der Waals surface area contributed by atoms with Gasteiger partial charge in [0, 0.05) is 0 Å². The third kappa shape index (κ3) is 17.8. The van der Waals surface area contributed by atoms with Crippen LogP contribution in [-0.2, 0) is 14.7 Å². The number of nitrogens with zero attached hydrogens (tertiary/aromatic N) is 1. The molecule has 0 bridgehead atoms. The van der Waals surface area contributed by atoms with Gasteiger partial charge in [0.15, 0.2) is 5.34 Å². The van der Waals surface area contributed by atoms with Crippen molar-refractivity contribution < 1.29 is 101 Å². The molecule has 0 aliphatic rings. The van der Waals surface area contributed by atoms with Crippen molar-refractivity contribution >= 4 is 10.4 Å². The van der Waals surface area contributed by atoms with Crippen LogP contribution in [0.25, 0.3) is 0 Å². The van der Waals surface area contributed by atoms with Gasteiger partial charge < -0.3 is 2.85 Å². The fraction of sp³-hybridized carbons (Fsp3) is 0. The first-order valence-corrected chi connectivity index (χ1v) is 2.41. The molecule has 0 amide bonds. The quantitative estimate of drug-likeness (QED) is 0.203. The fourth-order valence-corrected chi connectivity index (χ4v) is 0.115. The molecule has 0 fully saturated rings. The molecule has 0 saturated carbocycles. The maximum atomic E-state index is 9.27. The van der Waals surface area contributed by atoms with E-state index in [4.69, 9.17) is 9.46 Å². The maximum Gasteiger partial charge on any atom is 1.00 e. The van der Waals surface area contributed by atoms with Gasteiger partial charge in [-0.25, -0.2) is 4.28 Å². The van der Waals surface area contributed by atoms with Crippen molar-refractivity contribution in [2.45, 2.75) is 0 Å². The molecule has 0 rings (SSSR count). The first-order chi connectivity index (χ1) is 3.06. The van der Waals surface area contributed by atoms with Crippen LogP contribution in [0.5, 0.6) is 0 Å². The van der Waals surface area contributed by atoms with E-state index in [1.807, 2.05) is 0 Å². The van der Waals surface area contributed by atoms with E-state index < -0.39 is 10.4 Å². The number of hydrogen-bond donors (Lipinski definition) is 1. The topological polar surface area (TPSA) is 93.0 Å². The van der Waals surface area contributed by atoms with E-state index in [0.717, 1.165) is 0 Å². The van der Waals surface area contributed by atoms with E-state index in [1.54, 1.807) is 0 Å². The Bertz CT molecular complexity index is 158. The smallest absolute Gasteiger partial charge is 1.00 e. The summed E-state index contributed by atoms with van der Waals surface area (Å²) in [6.45, 7) is 0. The normalized spacial score (nSPS) is 8.11. The summed E-state index contributed by atoms with van der Waals surface area (Å²) in [4.78, 5) is 8.81. The van der Waals surface area contributed by atoms with Crippen molar-refractivity contribution in [3.8, 4) is 0 Å². The monoisotopic (exact) mass is 191 g/mol. The predicted molar refractivity (Wildman–Crippen MR) is 20.7 cm³/mol. The average Bonchev–Trinajstić information content (AvgIpc) is 1.30. The van der Waals surface area contributed by atoms with Gasteiger partial charge in [0.05, 0.1) is 0 Å². The van der Waals surface area contributed by atoms with Gasteiger partial charge in [-0.2, -0.15) is 8.42 Å². The van der Waals surface area contributed by atoms with Crippen LogP contribution in [-0.4, -0.2) is 13.0 Å². The number of rotatable bonds is 2. The summed E-state index contributed by atoms with van der Waals surface area (Å²) in [5.41, 5.74) is 0. The molecule has 0 spiro atoms. The van der Waals surface area contributed by atoms with Gasteiger partial charge in [0.1, 0.15) is 0 Å². The Balaban J connectivity index is -0.0000000300. The third-order valence-corrected chi connectivity index (χ3v) is 0.374. The molecule has 0 atom stereocenters. The molecule has 0 radical (unpaired) electrons. The van der Waals surface area contributed by atoms with E-state index in [1.165, 1.54) is 5.34 Å². The van der Waals surface area contributed by atoms with Crippen molar-refractivity contribution in [1.29, 1.82) is 0 Å². The Labute approximate surface area is 119 Å². The van der Waals surface area contributed by atoms with Crippen LogP contribution in [0.15, 0.2) is 5.34 Å². The van der Waals surface area contributed by atoms with Crippen molar-refractivity contribution in [1.82, 2.24) is 0 Å². The first kappa shape index (κ1) is 17.1. The minimum Gasteiger partial charge on any atom is -1.00 e. The molecular weight excluding hydrogens is 188 g/mol. The van der Waals surface area contributed by atoms with Gasteiger partial charge in [-0.15, -0.1) is 4.91 Å². The molecule has 0 unspecified atom stereocenters. The van der Waals surface area contributed by atoms with Crippen LogP contribution in [0.4, 0.5) is 0 Å². The molecule has 0 aromatic carbocycles. The summed E-state index contributed by atoms with van der Waals surface area (Å²) < 4.78 is 28.8. The van der Waals surface area contributed by atoms with Crippen LogP contribution in [0.1, 0.15) is 2.85 Å². The van der Waals surface area contributed by atoms with Crippen molar-refractivity contribution in [2.24, 2.45) is 5.34 Å². The third-order valence-electron chi connectivity index (χ3n) is 0.125. The van der Waals surface area contributed by atoms with E-state index in [0.29, 0.717) is 0 Å². The maximum absolute atomic E-state index is 9.27. The summed E-state index contributed by atoms with van der Waals surface area (Å²) >= 11 is 0. The minimum atomic E-state index is -4.65. The van der Waals surface area contributed by atoms with E-state index in [-0.39, 0.29) is 83.8 Å². The van der Waals surface area contributed by atoms with E-state index in [2.05, 4.69) is 4.28 Å². The van der Waals surface area contributed by atoms with Gasteiger partial charge in [-0.3, -0.25) is 4.55 Å². The average molecular weight is 191 g/mol. The summed E-state index contributed by atoms with van der Waals surface area (Å²) in [5.74, 6) is 0. The molecule has 0 aromatic heterocycles. The minimum absolute atomic E-state index is 0. The second-order valence-electron chi connectivity index (χ2n) is 0.577.